The number of nitrogens with zero attached hydrogens (tertiary/aromatic N) is 5. The van der Waals surface area contributed by atoms with Crippen LogP contribution in [0.4, 0.5) is 11.4 Å². The second-order valence-electron chi connectivity index (χ2n) is 8.05. The summed E-state index contributed by atoms with van der Waals surface area (Å²) in [6.07, 6.45) is 13.4. The average molecular weight is 401 g/mol. The van der Waals surface area contributed by atoms with Crippen molar-refractivity contribution in [2.75, 3.05) is 24.0 Å². The van der Waals surface area contributed by atoms with Gasteiger partial charge in [-0.05, 0) is 55.7 Å². The van der Waals surface area contributed by atoms with Crippen molar-refractivity contribution in [3.63, 3.8) is 0 Å². The minimum atomic E-state index is 0.470. The molecule has 0 spiro atoms. The molecule has 30 heavy (non-hydrogen) atoms. The lowest BCUT2D eigenvalue weighted by molar-refractivity contribution is -0.746. The van der Waals surface area contributed by atoms with Gasteiger partial charge < -0.3 is 9.64 Å². The highest BCUT2D eigenvalue weighted by atomic mass is 16.5. The van der Waals surface area contributed by atoms with E-state index in [-0.39, 0.29) is 0 Å². The lowest BCUT2D eigenvalue weighted by atomic mass is 9.92. The van der Waals surface area contributed by atoms with Gasteiger partial charge in [-0.2, -0.15) is 0 Å². The summed E-state index contributed by atoms with van der Waals surface area (Å²) in [6, 6.07) is 16.9. The standard InChI is InChI=1S/C24H26N5O/c1-27(2)21-7-4-8-24(15-21)30-23-11-9-20(10-12-23)28(19-5-3-6-19)29-14-13-25-16-22(29)17-26-18-29/h4,7-19H,3,5-6H2,1-2H3/q+1. The Morgan fingerprint density at radius 2 is 1.80 bits per heavy atom. The van der Waals surface area contributed by atoms with Crippen LogP contribution in [0, 0.1) is 0 Å². The summed E-state index contributed by atoms with van der Waals surface area (Å²) in [5.41, 5.74) is 3.32. The third-order valence-electron chi connectivity index (χ3n) is 5.90. The Morgan fingerprint density at radius 1 is 0.967 bits per heavy atom. The Kier molecular flexibility index (Phi) is 4.64. The van der Waals surface area contributed by atoms with E-state index in [9.17, 15) is 0 Å². The van der Waals surface area contributed by atoms with Crippen LogP contribution in [0.1, 0.15) is 19.3 Å². The molecule has 1 atom stereocenters. The second-order valence-corrected chi connectivity index (χ2v) is 8.05. The lowest BCUT2D eigenvalue weighted by Gasteiger charge is -2.46. The zero-order valence-corrected chi connectivity index (χ0v) is 17.3. The molecule has 0 radical (unpaired) electrons. The molecule has 0 amide bonds. The Balaban J connectivity index is 1.43. The van der Waals surface area contributed by atoms with E-state index in [1.54, 1.807) is 0 Å². The molecule has 6 nitrogen and oxygen atoms in total. The topological polar surface area (TPSA) is 40.4 Å². The average Bonchev–Trinajstić information content (AvgIpc) is 3.16. The van der Waals surface area contributed by atoms with Gasteiger partial charge in [0.25, 0.3) is 0 Å². The number of quaternary nitrogens is 1. The highest BCUT2D eigenvalue weighted by Gasteiger charge is 2.46. The van der Waals surface area contributed by atoms with Gasteiger partial charge in [-0.1, -0.05) is 6.07 Å². The van der Waals surface area contributed by atoms with E-state index in [2.05, 4.69) is 44.3 Å². The minimum Gasteiger partial charge on any atom is -0.457 e. The normalized spacial score (nSPS) is 21.7. The zero-order chi connectivity index (χ0) is 20.6. The van der Waals surface area contributed by atoms with Crippen molar-refractivity contribution in [2.45, 2.75) is 25.3 Å². The molecule has 6 heteroatoms. The molecule has 0 N–H and O–H groups in total. The van der Waals surface area contributed by atoms with Gasteiger partial charge in [-0.25, -0.2) is 10.0 Å². The molecule has 5 rings (SSSR count). The van der Waals surface area contributed by atoms with E-state index < -0.39 is 0 Å². The maximum Gasteiger partial charge on any atom is 0.225 e. The van der Waals surface area contributed by atoms with Gasteiger partial charge in [0.15, 0.2) is 6.20 Å². The molecule has 1 aliphatic carbocycles. The van der Waals surface area contributed by atoms with Gasteiger partial charge in [-0.3, -0.25) is 4.99 Å². The first-order valence-electron chi connectivity index (χ1n) is 10.4. The summed E-state index contributed by atoms with van der Waals surface area (Å²) in [6.45, 7) is 0. The molecule has 2 aromatic carbocycles. The molecule has 2 aliphatic heterocycles. The van der Waals surface area contributed by atoms with Crippen molar-refractivity contribution in [3.05, 3.63) is 72.8 Å². The van der Waals surface area contributed by atoms with Crippen molar-refractivity contribution in [1.82, 2.24) is 0 Å². The van der Waals surface area contributed by atoms with E-state index in [0.29, 0.717) is 10.6 Å². The first kappa shape index (κ1) is 18.6. The van der Waals surface area contributed by atoms with Crippen LogP contribution in [0.25, 0.3) is 0 Å². The summed E-state index contributed by atoms with van der Waals surface area (Å²) in [4.78, 5) is 10.8. The van der Waals surface area contributed by atoms with Gasteiger partial charge in [0.05, 0.1) is 30.3 Å². The van der Waals surface area contributed by atoms with Crippen molar-refractivity contribution in [3.8, 4) is 11.5 Å². The van der Waals surface area contributed by atoms with E-state index in [4.69, 9.17) is 4.74 Å². The fourth-order valence-corrected chi connectivity index (χ4v) is 4.06. The molecular formula is C24H26N5O+. The van der Waals surface area contributed by atoms with Crippen LogP contribution in [0.15, 0.2) is 82.8 Å². The predicted octanol–water partition coefficient (Wildman–Crippen LogP) is 5.07. The summed E-state index contributed by atoms with van der Waals surface area (Å²) >= 11 is 0. The number of hydrogen-bond acceptors (Lipinski definition) is 5. The third-order valence-corrected chi connectivity index (χ3v) is 5.90. The molecule has 1 unspecified atom stereocenters. The molecule has 0 bridgehead atoms. The first-order chi connectivity index (χ1) is 14.7. The molecule has 0 aromatic heterocycles. The summed E-state index contributed by atoms with van der Waals surface area (Å²) in [5, 5.41) is 2.43. The monoisotopic (exact) mass is 400 g/mol. The van der Waals surface area contributed by atoms with E-state index in [1.807, 2.05) is 69.4 Å². The predicted molar refractivity (Wildman–Crippen MR) is 122 cm³/mol. The number of fused-ring (bicyclic) bond motifs is 1. The molecule has 2 aromatic rings. The number of ether oxygens (including phenoxy) is 1. The molecule has 3 aliphatic rings. The minimum absolute atomic E-state index is 0.470. The quantitative estimate of drug-likeness (QED) is 0.635. The summed E-state index contributed by atoms with van der Waals surface area (Å²) < 4.78 is 6.58. The van der Waals surface area contributed by atoms with E-state index in [0.717, 1.165) is 28.6 Å². The fourth-order valence-electron chi connectivity index (χ4n) is 4.06. The number of benzene rings is 2. The van der Waals surface area contributed by atoms with Crippen LogP contribution in [-0.2, 0) is 0 Å². The number of allylic oxidation sites excluding steroid dienone is 1. The number of anilines is 2. The van der Waals surface area contributed by atoms with Crippen LogP contribution in [-0.4, -0.2) is 37.3 Å². The smallest absolute Gasteiger partial charge is 0.225 e. The zero-order valence-electron chi connectivity index (χ0n) is 17.3. The van der Waals surface area contributed by atoms with Gasteiger partial charge >= 0.3 is 0 Å². The number of aliphatic imine (C=N–C) groups is 2. The summed E-state index contributed by atoms with van der Waals surface area (Å²) in [5.74, 6) is 1.66. The molecule has 2 heterocycles. The van der Waals surface area contributed by atoms with Crippen LogP contribution in [0.5, 0.6) is 11.5 Å². The summed E-state index contributed by atoms with van der Waals surface area (Å²) in [7, 11) is 4.06. The van der Waals surface area contributed by atoms with Crippen LogP contribution < -0.4 is 14.6 Å². The van der Waals surface area contributed by atoms with Gasteiger partial charge in [0, 0.05) is 25.8 Å². The Labute approximate surface area is 177 Å². The fraction of sp³-hybridized carbons (Fsp3) is 0.250. The maximum atomic E-state index is 6.11. The van der Waals surface area contributed by atoms with Gasteiger partial charge in [0.2, 0.25) is 12.0 Å². The second kappa shape index (κ2) is 7.46. The van der Waals surface area contributed by atoms with Crippen molar-refractivity contribution >= 4 is 23.9 Å². The van der Waals surface area contributed by atoms with Gasteiger partial charge in [-0.15, -0.1) is 4.59 Å². The highest BCUT2D eigenvalue weighted by Crippen LogP contribution is 2.39. The molecular weight excluding hydrogens is 374 g/mol. The van der Waals surface area contributed by atoms with Crippen LogP contribution in [0.2, 0.25) is 0 Å². The van der Waals surface area contributed by atoms with Gasteiger partial charge in [0.1, 0.15) is 11.5 Å². The Morgan fingerprint density at radius 3 is 2.53 bits per heavy atom. The highest BCUT2D eigenvalue weighted by molar-refractivity contribution is 5.82. The van der Waals surface area contributed by atoms with E-state index in [1.165, 1.54) is 19.3 Å². The molecule has 152 valence electrons. The van der Waals surface area contributed by atoms with Crippen molar-refractivity contribution < 1.29 is 9.33 Å². The lowest BCUT2D eigenvalue weighted by Crippen LogP contribution is -2.61. The number of rotatable bonds is 6. The molecule has 1 saturated carbocycles. The molecule has 1 fully saturated rings. The SMILES string of the molecule is CN(C)c1cccc(Oc2ccc(N(C3CCC3)[N+]34C=CN=CC3=CN=C4)cc2)c1. The van der Waals surface area contributed by atoms with Crippen molar-refractivity contribution in [2.24, 2.45) is 9.98 Å². The Hall–Kier alpha value is -3.38. The third kappa shape index (κ3) is 3.19. The Bertz CT molecular complexity index is 1050. The number of hydrogen-bond donors (Lipinski definition) is 0. The van der Waals surface area contributed by atoms with Crippen molar-refractivity contribution in [1.29, 1.82) is 0 Å². The maximum absolute atomic E-state index is 6.11. The molecule has 0 saturated heterocycles. The van der Waals surface area contributed by atoms with Crippen LogP contribution >= 0.6 is 0 Å². The van der Waals surface area contributed by atoms with E-state index >= 15 is 0 Å². The largest absolute Gasteiger partial charge is 0.457 e. The van der Waals surface area contributed by atoms with Crippen LogP contribution in [0.3, 0.4) is 0 Å². The first-order valence-corrected chi connectivity index (χ1v) is 10.4.